The number of nitrogens with zero attached hydrogens (tertiary/aromatic N) is 1. The number of aryl methyl sites for hydroxylation is 1. The monoisotopic (exact) mass is 450 g/mol. The molecule has 4 nitrogen and oxygen atoms in total. The molecule has 1 aliphatic heterocycles. The van der Waals surface area contributed by atoms with Gasteiger partial charge < -0.3 is 20.4 Å². The van der Waals surface area contributed by atoms with E-state index < -0.39 is 0 Å². The average Bonchev–Trinajstić information content (AvgIpc) is 3.14. The molecule has 1 saturated heterocycles. The third kappa shape index (κ3) is 4.92. The highest BCUT2D eigenvalue weighted by atomic mass is 32.1. The Bertz CT molecular complexity index is 1060. The Morgan fingerprint density at radius 1 is 0.938 bits per heavy atom. The van der Waals surface area contributed by atoms with Gasteiger partial charge in [-0.2, -0.15) is 0 Å². The smallest absolute Gasteiger partial charge is 0.174 e. The van der Waals surface area contributed by atoms with Crippen LogP contribution in [0.5, 0.6) is 5.75 Å². The van der Waals surface area contributed by atoms with E-state index in [2.05, 4.69) is 10.2 Å². The van der Waals surface area contributed by atoms with Crippen LogP contribution >= 0.6 is 12.2 Å². The largest absolute Gasteiger partial charge is 0.508 e. The summed E-state index contributed by atoms with van der Waals surface area (Å²) in [6.07, 6.45) is 3.70. The number of phenols is 1. The summed E-state index contributed by atoms with van der Waals surface area (Å²) >= 11 is 5.69. The number of hydrogen-bond acceptors (Lipinski definition) is 3. The lowest BCUT2D eigenvalue weighted by atomic mass is 9.93. The predicted molar refractivity (Wildman–Crippen MR) is 129 cm³/mol. The number of rotatable bonds is 8. The van der Waals surface area contributed by atoms with Crippen molar-refractivity contribution in [2.75, 3.05) is 4.90 Å². The van der Waals surface area contributed by atoms with Gasteiger partial charge in [-0.1, -0.05) is 48.9 Å². The second-order valence-corrected chi connectivity index (χ2v) is 8.52. The lowest BCUT2D eigenvalue weighted by Crippen LogP contribution is -2.29. The van der Waals surface area contributed by atoms with Gasteiger partial charge in [0.2, 0.25) is 0 Å². The summed E-state index contributed by atoms with van der Waals surface area (Å²) in [4.78, 5) is 2.06. The molecule has 6 heteroatoms. The summed E-state index contributed by atoms with van der Waals surface area (Å²) in [5.41, 5.74) is 3.54. The molecule has 2 atom stereocenters. The van der Waals surface area contributed by atoms with Gasteiger partial charge in [0.05, 0.1) is 18.7 Å². The van der Waals surface area contributed by atoms with Crippen molar-refractivity contribution >= 4 is 23.0 Å². The van der Waals surface area contributed by atoms with E-state index in [0.717, 1.165) is 42.5 Å². The van der Waals surface area contributed by atoms with Crippen LogP contribution in [0.2, 0.25) is 0 Å². The first kappa shape index (κ1) is 22.2. The van der Waals surface area contributed by atoms with Gasteiger partial charge in [-0.25, -0.2) is 4.39 Å². The van der Waals surface area contributed by atoms with E-state index in [4.69, 9.17) is 12.2 Å². The summed E-state index contributed by atoms with van der Waals surface area (Å²) in [7, 11) is 0. The molecular formula is C26H27FN2O2S. The van der Waals surface area contributed by atoms with E-state index >= 15 is 0 Å². The quantitative estimate of drug-likeness (QED) is 0.324. The van der Waals surface area contributed by atoms with Gasteiger partial charge in [0.1, 0.15) is 11.6 Å². The van der Waals surface area contributed by atoms with Crippen LogP contribution in [0.1, 0.15) is 42.0 Å². The molecule has 166 valence electrons. The van der Waals surface area contributed by atoms with Crippen molar-refractivity contribution in [3.63, 3.8) is 0 Å². The highest BCUT2D eigenvalue weighted by Crippen LogP contribution is 2.40. The molecule has 1 heterocycles. The number of halogens is 1. The normalized spacial score (nSPS) is 18.1. The molecule has 3 aromatic rings. The molecular weight excluding hydrogens is 423 g/mol. The first-order valence-corrected chi connectivity index (χ1v) is 11.3. The topological polar surface area (TPSA) is 55.7 Å². The van der Waals surface area contributed by atoms with Crippen molar-refractivity contribution in [2.45, 2.75) is 44.4 Å². The molecule has 4 rings (SSSR count). The Kier molecular flexibility index (Phi) is 7.02. The minimum Gasteiger partial charge on any atom is -0.508 e. The molecule has 0 aliphatic carbocycles. The zero-order chi connectivity index (χ0) is 22.5. The summed E-state index contributed by atoms with van der Waals surface area (Å²) < 4.78 is 13.1. The van der Waals surface area contributed by atoms with Crippen LogP contribution < -0.4 is 10.2 Å². The van der Waals surface area contributed by atoms with Gasteiger partial charge in [0, 0.05) is 11.3 Å². The summed E-state index contributed by atoms with van der Waals surface area (Å²) in [6.45, 7) is -0.121. The maximum Gasteiger partial charge on any atom is 0.174 e. The van der Waals surface area contributed by atoms with Crippen LogP contribution in [0.3, 0.4) is 0 Å². The number of aliphatic hydroxyl groups is 1. The Balaban J connectivity index is 1.53. The second-order valence-electron chi connectivity index (χ2n) is 8.13. The van der Waals surface area contributed by atoms with E-state index in [9.17, 15) is 14.6 Å². The molecule has 3 aromatic carbocycles. The third-order valence-electron chi connectivity index (χ3n) is 5.96. The number of aliphatic hydroxyl groups excluding tert-OH is 1. The van der Waals surface area contributed by atoms with E-state index in [1.165, 1.54) is 12.1 Å². The number of benzene rings is 3. The lowest BCUT2D eigenvalue weighted by molar-refractivity contribution is 0.281. The molecule has 32 heavy (non-hydrogen) atoms. The Labute approximate surface area is 193 Å². The third-order valence-corrected chi connectivity index (χ3v) is 6.28. The van der Waals surface area contributed by atoms with Crippen LogP contribution in [-0.2, 0) is 13.0 Å². The number of phenolic OH excluding ortho intramolecular Hbond substituents is 1. The molecule has 1 fully saturated rings. The standard InChI is InChI=1S/C26H27FN2O2S/c27-20-13-10-18(11-14-20)6-4-5-9-23-25(22-15-12-19(17-30)16-24(22)31)29(26(32)28-23)21-7-2-1-3-8-21/h1-3,7-8,10-16,23,25,30-31H,4-6,9,17H2,(H,28,32)/t23-,25-/m1/s1. The van der Waals surface area contributed by atoms with Crippen LogP contribution in [0.25, 0.3) is 0 Å². The number of anilines is 1. The Morgan fingerprint density at radius 2 is 1.66 bits per heavy atom. The van der Waals surface area contributed by atoms with E-state index in [1.54, 1.807) is 6.07 Å². The molecule has 0 amide bonds. The minimum atomic E-state index is -0.215. The van der Waals surface area contributed by atoms with Gasteiger partial charge in [0.15, 0.2) is 5.11 Å². The number of thiocarbonyl (C=S) groups is 1. The zero-order valence-corrected chi connectivity index (χ0v) is 18.6. The van der Waals surface area contributed by atoms with Crippen molar-refractivity contribution in [1.82, 2.24) is 5.32 Å². The highest BCUT2D eigenvalue weighted by Gasteiger charge is 2.39. The van der Waals surface area contributed by atoms with E-state index in [1.807, 2.05) is 54.6 Å². The Morgan fingerprint density at radius 3 is 2.34 bits per heavy atom. The molecule has 0 unspecified atom stereocenters. The minimum absolute atomic E-state index is 0.0294. The molecule has 0 spiro atoms. The average molecular weight is 451 g/mol. The molecule has 0 saturated carbocycles. The van der Waals surface area contributed by atoms with Crippen molar-refractivity contribution in [2.24, 2.45) is 0 Å². The fourth-order valence-corrected chi connectivity index (χ4v) is 4.72. The van der Waals surface area contributed by atoms with Gasteiger partial charge in [-0.05, 0) is 72.9 Å². The Hall–Kier alpha value is -2.96. The number of unbranched alkanes of at least 4 members (excludes halogenated alkanes) is 1. The highest BCUT2D eigenvalue weighted by molar-refractivity contribution is 7.80. The molecule has 0 aromatic heterocycles. The van der Waals surface area contributed by atoms with E-state index in [0.29, 0.717) is 10.7 Å². The van der Waals surface area contributed by atoms with Gasteiger partial charge in [-0.3, -0.25) is 0 Å². The molecule has 3 N–H and O–H groups in total. The van der Waals surface area contributed by atoms with Crippen LogP contribution in [0.4, 0.5) is 10.1 Å². The van der Waals surface area contributed by atoms with Crippen molar-refractivity contribution in [3.8, 4) is 5.75 Å². The summed E-state index contributed by atoms with van der Waals surface area (Å²) in [6, 6.07) is 21.8. The van der Waals surface area contributed by atoms with Crippen molar-refractivity contribution in [3.05, 3.63) is 95.3 Å². The fraction of sp³-hybridized carbons (Fsp3) is 0.269. The zero-order valence-electron chi connectivity index (χ0n) is 17.7. The van der Waals surface area contributed by atoms with Crippen LogP contribution in [0, 0.1) is 5.82 Å². The fourth-order valence-electron chi connectivity index (χ4n) is 4.35. The molecule has 1 aliphatic rings. The van der Waals surface area contributed by atoms with Gasteiger partial charge in [-0.15, -0.1) is 0 Å². The van der Waals surface area contributed by atoms with Crippen LogP contribution in [0.15, 0.2) is 72.8 Å². The lowest BCUT2D eigenvalue weighted by Gasteiger charge is -2.29. The van der Waals surface area contributed by atoms with Crippen molar-refractivity contribution < 1.29 is 14.6 Å². The maximum atomic E-state index is 13.1. The number of hydrogen-bond donors (Lipinski definition) is 3. The summed E-state index contributed by atoms with van der Waals surface area (Å²) in [5, 5.41) is 24.3. The van der Waals surface area contributed by atoms with Crippen molar-refractivity contribution in [1.29, 1.82) is 0 Å². The first-order valence-electron chi connectivity index (χ1n) is 10.9. The van der Waals surface area contributed by atoms with E-state index in [-0.39, 0.29) is 30.3 Å². The summed E-state index contributed by atoms with van der Waals surface area (Å²) in [5.74, 6) is -0.0569. The number of nitrogens with one attached hydrogen (secondary N) is 1. The second kappa shape index (κ2) is 10.1. The molecule has 0 bridgehead atoms. The number of aromatic hydroxyl groups is 1. The number of para-hydroxylation sites is 1. The molecule has 0 radical (unpaired) electrons. The SMILES string of the molecule is OCc1ccc([C@@H]2[C@@H](CCCCc3ccc(F)cc3)NC(=S)N2c2ccccc2)c(O)c1. The van der Waals surface area contributed by atoms with Gasteiger partial charge >= 0.3 is 0 Å². The predicted octanol–water partition coefficient (Wildman–Crippen LogP) is 5.24. The maximum absolute atomic E-state index is 13.1. The first-order chi connectivity index (χ1) is 15.6. The van der Waals surface area contributed by atoms with Crippen LogP contribution in [-0.4, -0.2) is 21.4 Å². The van der Waals surface area contributed by atoms with Gasteiger partial charge in [0.25, 0.3) is 0 Å².